The number of likely N-dealkylation sites (tertiary alicyclic amines) is 1. The normalized spacial score (nSPS) is 18.6. The van der Waals surface area contributed by atoms with Crippen molar-refractivity contribution in [3.8, 4) is 0 Å². The molecule has 1 amide bonds. The Kier molecular flexibility index (Phi) is 4.49. The summed E-state index contributed by atoms with van der Waals surface area (Å²) in [5.74, 6) is 1.78. The van der Waals surface area contributed by atoms with E-state index >= 15 is 0 Å². The summed E-state index contributed by atoms with van der Waals surface area (Å²) in [6.07, 6.45) is 7.57. The van der Waals surface area contributed by atoms with Crippen molar-refractivity contribution in [1.82, 2.24) is 19.9 Å². The lowest BCUT2D eigenvalue weighted by Crippen LogP contribution is -2.38. The van der Waals surface area contributed by atoms with Crippen LogP contribution in [0.15, 0.2) is 29.0 Å². The zero-order valence-corrected chi connectivity index (χ0v) is 17.7. The molecule has 3 aromatic heterocycles. The maximum Gasteiger partial charge on any atom is 0.257 e. The van der Waals surface area contributed by atoms with E-state index in [2.05, 4.69) is 39.3 Å². The molecule has 7 nitrogen and oxygen atoms in total. The molecule has 0 aromatic carbocycles. The number of anilines is 1. The van der Waals surface area contributed by atoms with Gasteiger partial charge in [-0.3, -0.25) is 9.78 Å². The maximum absolute atomic E-state index is 13.4. The van der Waals surface area contributed by atoms with E-state index in [0.29, 0.717) is 34.2 Å². The van der Waals surface area contributed by atoms with E-state index in [1.54, 1.807) is 0 Å². The molecule has 1 aliphatic carbocycles. The van der Waals surface area contributed by atoms with Crippen molar-refractivity contribution in [3.63, 3.8) is 0 Å². The van der Waals surface area contributed by atoms with Crippen LogP contribution in [0.5, 0.6) is 0 Å². The number of aromatic nitrogens is 3. The Morgan fingerprint density at radius 1 is 1.20 bits per heavy atom. The first kappa shape index (κ1) is 19.0. The minimum atomic E-state index is -0.00863. The highest BCUT2D eigenvalue weighted by atomic mass is 16.3. The number of carbonyl (C=O) groups is 1. The van der Waals surface area contributed by atoms with E-state index in [0.717, 1.165) is 44.5 Å². The van der Waals surface area contributed by atoms with Gasteiger partial charge in [0, 0.05) is 30.5 Å². The molecule has 1 aliphatic heterocycles. The van der Waals surface area contributed by atoms with Gasteiger partial charge in [0.1, 0.15) is 17.9 Å². The fourth-order valence-electron chi connectivity index (χ4n) is 4.20. The average molecular weight is 406 g/mol. The number of carbonyl (C=O) groups excluding carboxylic acids is 1. The van der Waals surface area contributed by atoms with Gasteiger partial charge in [0.2, 0.25) is 5.71 Å². The second kappa shape index (κ2) is 7.07. The van der Waals surface area contributed by atoms with Crippen LogP contribution in [-0.4, -0.2) is 44.4 Å². The van der Waals surface area contributed by atoms with Gasteiger partial charge in [0.25, 0.3) is 5.91 Å². The van der Waals surface area contributed by atoms with Crippen molar-refractivity contribution < 1.29 is 9.21 Å². The van der Waals surface area contributed by atoms with Crippen LogP contribution in [0.2, 0.25) is 0 Å². The highest BCUT2D eigenvalue weighted by Gasteiger charge is 2.39. The number of pyridine rings is 1. The van der Waals surface area contributed by atoms with E-state index in [1.807, 2.05) is 24.9 Å². The number of hydrogen-bond donors (Lipinski definition) is 1. The highest BCUT2D eigenvalue weighted by molar-refractivity contribution is 6.09. The third kappa shape index (κ3) is 3.53. The Hall–Kier alpha value is -2.96. The summed E-state index contributed by atoms with van der Waals surface area (Å²) >= 11 is 0. The summed E-state index contributed by atoms with van der Waals surface area (Å²) in [6, 6.07) is 4.21. The first-order chi connectivity index (χ1) is 14.4. The first-order valence-corrected chi connectivity index (χ1v) is 10.7. The molecule has 1 N–H and O–H groups in total. The fourth-order valence-corrected chi connectivity index (χ4v) is 4.20. The summed E-state index contributed by atoms with van der Waals surface area (Å²) in [7, 11) is 0. The van der Waals surface area contributed by atoms with Crippen LogP contribution in [0.25, 0.3) is 11.1 Å². The van der Waals surface area contributed by atoms with Gasteiger partial charge in [-0.15, -0.1) is 0 Å². The number of furan rings is 1. The minimum absolute atomic E-state index is 0.00863. The highest BCUT2D eigenvalue weighted by Crippen LogP contribution is 2.40. The molecular formula is C23H27N5O2. The fraction of sp³-hybridized carbons (Fsp3) is 0.478. The number of nitrogens with zero attached hydrogens (tertiary/aromatic N) is 4. The van der Waals surface area contributed by atoms with Gasteiger partial charge in [-0.1, -0.05) is 6.07 Å². The topological polar surface area (TPSA) is 84.2 Å². The minimum Gasteiger partial charge on any atom is -0.445 e. The van der Waals surface area contributed by atoms with Gasteiger partial charge in [-0.05, 0) is 64.0 Å². The van der Waals surface area contributed by atoms with Gasteiger partial charge in [-0.2, -0.15) is 4.98 Å². The van der Waals surface area contributed by atoms with Gasteiger partial charge < -0.3 is 14.6 Å². The summed E-state index contributed by atoms with van der Waals surface area (Å²) in [4.78, 5) is 28.7. The molecule has 2 aliphatic rings. The number of piperidine rings is 1. The van der Waals surface area contributed by atoms with Crippen molar-refractivity contribution in [1.29, 1.82) is 0 Å². The Bertz CT molecular complexity index is 1090. The molecular weight excluding hydrogens is 378 g/mol. The zero-order valence-electron chi connectivity index (χ0n) is 17.7. The third-order valence-electron chi connectivity index (χ3n) is 6.38. The number of nitrogens with one attached hydrogen (secondary N) is 1. The number of fused-ring (bicyclic) bond motifs is 1. The largest absolute Gasteiger partial charge is 0.445 e. The smallest absolute Gasteiger partial charge is 0.257 e. The second-order valence-electron chi connectivity index (χ2n) is 8.93. The van der Waals surface area contributed by atoms with Gasteiger partial charge in [0.05, 0.1) is 10.9 Å². The predicted molar refractivity (Wildman–Crippen MR) is 115 cm³/mol. The van der Waals surface area contributed by atoms with Crippen LogP contribution in [0, 0.1) is 13.8 Å². The van der Waals surface area contributed by atoms with E-state index in [-0.39, 0.29) is 11.4 Å². The molecule has 2 fully saturated rings. The Morgan fingerprint density at radius 3 is 2.63 bits per heavy atom. The third-order valence-corrected chi connectivity index (χ3v) is 6.38. The molecule has 156 valence electrons. The van der Waals surface area contributed by atoms with Crippen LogP contribution in [0.1, 0.15) is 66.0 Å². The Balaban J connectivity index is 1.37. The second-order valence-corrected chi connectivity index (χ2v) is 8.93. The van der Waals surface area contributed by atoms with E-state index in [9.17, 15) is 4.79 Å². The maximum atomic E-state index is 13.4. The van der Waals surface area contributed by atoms with Crippen LogP contribution < -0.4 is 5.32 Å². The number of rotatable bonds is 4. The molecule has 0 atom stereocenters. The van der Waals surface area contributed by atoms with Crippen molar-refractivity contribution >= 4 is 22.8 Å². The Labute approximate surface area is 175 Å². The summed E-state index contributed by atoms with van der Waals surface area (Å²) in [5, 5.41) is 4.20. The molecule has 4 heterocycles. The summed E-state index contributed by atoms with van der Waals surface area (Å²) in [6.45, 7) is 7.45. The van der Waals surface area contributed by atoms with Crippen molar-refractivity contribution in [2.24, 2.45) is 0 Å². The van der Waals surface area contributed by atoms with Gasteiger partial charge >= 0.3 is 0 Å². The van der Waals surface area contributed by atoms with Crippen molar-refractivity contribution in [2.45, 2.75) is 57.9 Å². The van der Waals surface area contributed by atoms with Crippen LogP contribution in [-0.2, 0) is 0 Å². The molecule has 0 unspecified atom stereocenters. The molecule has 5 rings (SSSR count). The predicted octanol–water partition coefficient (Wildman–Crippen LogP) is 4.22. The standard InChI is InChI=1S/C23H27N5O2/c1-14-4-5-17(12-24-14)16-6-10-28(11-7-16)22(29)18-13-30-21-19(18)20(25-15(2)26-21)27-23(3)8-9-23/h4-5,12-13,16H,6-11H2,1-3H3,(H,25,26,27). The molecule has 3 aromatic rings. The zero-order chi connectivity index (χ0) is 20.9. The summed E-state index contributed by atoms with van der Waals surface area (Å²) in [5.41, 5.74) is 3.35. The Morgan fingerprint density at radius 2 is 1.97 bits per heavy atom. The number of hydrogen-bond acceptors (Lipinski definition) is 6. The van der Waals surface area contributed by atoms with E-state index in [1.165, 1.54) is 11.8 Å². The van der Waals surface area contributed by atoms with Gasteiger partial charge in [0.15, 0.2) is 0 Å². The SMILES string of the molecule is Cc1ccc(C2CCN(C(=O)c3coc4nc(C)nc(NC5(C)CC5)c34)CC2)cn1. The monoisotopic (exact) mass is 405 g/mol. The van der Waals surface area contributed by atoms with E-state index in [4.69, 9.17) is 4.42 Å². The molecule has 1 saturated heterocycles. The molecule has 7 heteroatoms. The van der Waals surface area contributed by atoms with Crippen molar-refractivity contribution in [3.05, 3.63) is 47.2 Å². The van der Waals surface area contributed by atoms with E-state index < -0.39 is 0 Å². The first-order valence-electron chi connectivity index (χ1n) is 10.7. The lowest BCUT2D eigenvalue weighted by atomic mass is 9.90. The number of aryl methyl sites for hydroxylation is 2. The summed E-state index contributed by atoms with van der Waals surface area (Å²) < 4.78 is 5.67. The molecule has 0 radical (unpaired) electrons. The molecule has 0 bridgehead atoms. The van der Waals surface area contributed by atoms with Crippen LogP contribution >= 0.6 is 0 Å². The molecule has 0 spiro atoms. The van der Waals surface area contributed by atoms with Crippen LogP contribution in [0.4, 0.5) is 5.82 Å². The lowest BCUT2D eigenvalue weighted by Gasteiger charge is -2.32. The van der Waals surface area contributed by atoms with Crippen LogP contribution in [0.3, 0.4) is 0 Å². The average Bonchev–Trinajstić information content (AvgIpc) is 3.30. The lowest BCUT2D eigenvalue weighted by molar-refractivity contribution is 0.0714. The van der Waals surface area contributed by atoms with Gasteiger partial charge in [-0.25, -0.2) is 4.98 Å². The number of amides is 1. The van der Waals surface area contributed by atoms with Crippen molar-refractivity contribution in [2.75, 3.05) is 18.4 Å². The quantitative estimate of drug-likeness (QED) is 0.700. The molecule has 1 saturated carbocycles. The molecule has 30 heavy (non-hydrogen) atoms.